The standard InChI is InChI=1S/C12H14BrClO3/c1-2-16-10-4-5-11(17-7-3-6-13)12(14)9(10)8-15/h4-5,12H,2-3,6-7H2,1H3. The number of alkyl halides is 2. The SMILES string of the molecule is CCOC1=CC=C(OCCCBr)C(Cl)C1=C=O. The third-order valence-corrected chi connectivity index (χ3v) is 3.12. The molecule has 17 heavy (non-hydrogen) atoms. The van der Waals surface area contributed by atoms with Crippen molar-refractivity contribution in [3.8, 4) is 0 Å². The van der Waals surface area contributed by atoms with Gasteiger partial charge in [0.05, 0.1) is 13.2 Å². The van der Waals surface area contributed by atoms with Gasteiger partial charge in [0.1, 0.15) is 28.4 Å². The number of ether oxygens (including phenoxy) is 2. The molecule has 0 aromatic rings. The highest BCUT2D eigenvalue weighted by atomic mass is 79.9. The van der Waals surface area contributed by atoms with E-state index in [1.165, 1.54) is 0 Å². The van der Waals surface area contributed by atoms with Gasteiger partial charge < -0.3 is 9.47 Å². The highest BCUT2D eigenvalue weighted by Gasteiger charge is 2.26. The van der Waals surface area contributed by atoms with Crippen LogP contribution < -0.4 is 0 Å². The summed E-state index contributed by atoms with van der Waals surface area (Å²) in [7, 11) is 0. The maximum absolute atomic E-state index is 10.9. The van der Waals surface area contributed by atoms with E-state index in [4.69, 9.17) is 21.1 Å². The van der Waals surface area contributed by atoms with Crippen molar-refractivity contribution in [1.82, 2.24) is 0 Å². The summed E-state index contributed by atoms with van der Waals surface area (Å²) in [5.74, 6) is 2.85. The van der Waals surface area contributed by atoms with Crippen LogP contribution >= 0.6 is 27.5 Å². The van der Waals surface area contributed by atoms with E-state index in [2.05, 4.69) is 15.9 Å². The average Bonchev–Trinajstić information content (AvgIpc) is 2.33. The lowest BCUT2D eigenvalue weighted by atomic mass is 10.1. The third kappa shape index (κ3) is 3.91. The highest BCUT2D eigenvalue weighted by molar-refractivity contribution is 9.09. The predicted molar refractivity (Wildman–Crippen MR) is 71.0 cm³/mol. The minimum absolute atomic E-state index is 0.296. The molecule has 0 spiro atoms. The number of allylic oxidation sites excluding steroid dienone is 4. The van der Waals surface area contributed by atoms with Gasteiger partial charge in [-0.1, -0.05) is 15.9 Å². The number of halogens is 2. The Bertz CT molecular complexity index is 370. The Kier molecular flexibility index (Phi) is 6.41. The molecule has 0 saturated heterocycles. The zero-order valence-corrected chi connectivity index (χ0v) is 11.9. The Hall–Kier alpha value is -0.700. The van der Waals surface area contributed by atoms with E-state index in [0.29, 0.717) is 30.3 Å². The van der Waals surface area contributed by atoms with E-state index in [0.717, 1.165) is 11.8 Å². The topological polar surface area (TPSA) is 35.5 Å². The monoisotopic (exact) mass is 320 g/mol. The van der Waals surface area contributed by atoms with Gasteiger partial charge in [-0.2, -0.15) is 0 Å². The summed E-state index contributed by atoms with van der Waals surface area (Å²) in [6, 6.07) is 0. The molecule has 0 aliphatic heterocycles. The lowest BCUT2D eigenvalue weighted by molar-refractivity contribution is 0.199. The molecule has 0 radical (unpaired) electrons. The molecule has 0 heterocycles. The van der Waals surface area contributed by atoms with Crippen molar-refractivity contribution in [2.24, 2.45) is 0 Å². The fourth-order valence-corrected chi connectivity index (χ4v) is 1.87. The number of hydrogen-bond donors (Lipinski definition) is 0. The van der Waals surface area contributed by atoms with Crippen LogP contribution in [0.5, 0.6) is 0 Å². The molecule has 0 aromatic heterocycles. The Morgan fingerprint density at radius 1 is 1.47 bits per heavy atom. The van der Waals surface area contributed by atoms with Gasteiger partial charge in [-0.3, -0.25) is 0 Å². The molecule has 0 fully saturated rings. The van der Waals surface area contributed by atoms with Crippen LogP contribution in [0.3, 0.4) is 0 Å². The van der Waals surface area contributed by atoms with Crippen molar-refractivity contribution >= 4 is 33.5 Å². The molecule has 0 amide bonds. The summed E-state index contributed by atoms with van der Waals surface area (Å²) in [6.07, 6.45) is 4.30. The molecule has 0 aromatic carbocycles. The van der Waals surface area contributed by atoms with Gasteiger partial charge in [-0.15, -0.1) is 11.6 Å². The molecule has 94 valence electrons. The summed E-state index contributed by atoms with van der Waals surface area (Å²) in [5, 5.41) is 0.248. The number of hydrogen-bond acceptors (Lipinski definition) is 3. The molecular weight excluding hydrogens is 307 g/mol. The van der Waals surface area contributed by atoms with E-state index in [1.54, 1.807) is 12.2 Å². The van der Waals surface area contributed by atoms with E-state index < -0.39 is 5.38 Å². The first kappa shape index (κ1) is 14.4. The second kappa shape index (κ2) is 7.59. The van der Waals surface area contributed by atoms with Crippen LogP contribution in [0, 0.1) is 0 Å². The fraction of sp³-hybridized carbons (Fsp3) is 0.500. The van der Waals surface area contributed by atoms with Gasteiger partial charge in [0.2, 0.25) is 0 Å². The zero-order chi connectivity index (χ0) is 12.7. The van der Waals surface area contributed by atoms with Crippen LogP contribution in [0.1, 0.15) is 13.3 Å². The normalized spacial score (nSPS) is 19.2. The van der Waals surface area contributed by atoms with E-state index in [-0.39, 0.29) is 0 Å². The van der Waals surface area contributed by atoms with Crippen molar-refractivity contribution in [2.75, 3.05) is 18.5 Å². The summed E-state index contributed by atoms with van der Waals surface area (Å²) in [4.78, 5) is 10.9. The molecule has 0 saturated carbocycles. The summed E-state index contributed by atoms with van der Waals surface area (Å²) in [5.41, 5.74) is 0.296. The van der Waals surface area contributed by atoms with Crippen LogP contribution in [-0.4, -0.2) is 29.9 Å². The molecule has 1 unspecified atom stereocenters. The molecule has 1 aliphatic carbocycles. The first-order chi connectivity index (χ1) is 8.24. The van der Waals surface area contributed by atoms with Crippen LogP contribution in [0.2, 0.25) is 0 Å². The first-order valence-electron chi connectivity index (χ1n) is 5.37. The van der Waals surface area contributed by atoms with Crippen LogP contribution in [0.25, 0.3) is 0 Å². The predicted octanol–water partition coefficient (Wildman–Crippen LogP) is 2.97. The van der Waals surface area contributed by atoms with Crippen molar-refractivity contribution in [1.29, 1.82) is 0 Å². The summed E-state index contributed by atoms with van der Waals surface area (Å²) < 4.78 is 10.8. The summed E-state index contributed by atoms with van der Waals surface area (Å²) >= 11 is 9.45. The van der Waals surface area contributed by atoms with Crippen molar-refractivity contribution < 1.29 is 14.3 Å². The van der Waals surface area contributed by atoms with Gasteiger partial charge in [-0.25, -0.2) is 4.79 Å². The number of rotatable bonds is 6. The van der Waals surface area contributed by atoms with Gasteiger partial charge in [0, 0.05) is 5.33 Å². The van der Waals surface area contributed by atoms with Crippen molar-refractivity contribution in [3.63, 3.8) is 0 Å². The van der Waals surface area contributed by atoms with Crippen LogP contribution in [0.4, 0.5) is 0 Å². The molecule has 0 bridgehead atoms. The van der Waals surface area contributed by atoms with Gasteiger partial charge >= 0.3 is 0 Å². The molecular formula is C12H14BrClO3. The Morgan fingerprint density at radius 2 is 2.24 bits per heavy atom. The molecule has 5 heteroatoms. The Labute approximate surface area is 114 Å². The number of carbonyl (C=O) groups excluding carboxylic acids is 1. The second-order valence-electron chi connectivity index (χ2n) is 3.30. The summed E-state index contributed by atoms with van der Waals surface area (Å²) in [6.45, 7) is 2.89. The molecule has 3 nitrogen and oxygen atoms in total. The fourth-order valence-electron chi connectivity index (χ4n) is 1.35. The van der Waals surface area contributed by atoms with Crippen molar-refractivity contribution in [3.05, 3.63) is 29.2 Å². The van der Waals surface area contributed by atoms with Gasteiger partial charge in [-0.05, 0) is 25.5 Å². The maximum atomic E-state index is 10.9. The van der Waals surface area contributed by atoms with Crippen LogP contribution in [0.15, 0.2) is 29.2 Å². The largest absolute Gasteiger partial charge is 0.496 e. The lowest BCUT2D eigenvalue weighted by Gasteiger charge is -2.21. The Morgan fingerprint density at radius 3 is 2.82 bits per heavy atom. The minimum atomic E-state index is -0.616. The smallest absolute Gasteiger partial charge is 0.135 e. The van der Waals surface area contributed by atoms with Crippen LogP contribution in [-0.2, 0) is 14.3 Å². The van der Waals surface area contributed by atoms with E-state index in [1.807, 2.05) is 12.9 Å². The second-order valence-corrected chi connectivity index (χ2v) is 4.53. The maximum Gasteiger partial charge on any atom is 0.135 e. The van der Waals surface area contributed by atoms with Crippen molar-refractivity contribution in [2.45, 2.75) is 18.7 Å². The molecule has 1 aliphatic rings. The van der Waals surface area contributed by atoms with Gasteiger partial charge in [0.15, 0.2) is 0 Å². The third-order valence-electron chi connectivity index (χ3n) is 2.12. The Balaban J connectivity index is 2.76. The molecule has 0 N–H and O–H groups in total. The first-order valence-corrected chi connectivity index (χ1v) is 6.93. The van der Waals surface area contributed by atoms with Gasteiger partial charge in [0.25, 0.3) is 0 Å². The molecule has 1 atom stereocenters. The lowest BCUT2D eigenvalue weighted by Crippen LogP contribution is -2.17. The minimum Gasteiger partial charge on any atom is -0.496 e. The van der Waals surface area contributed by atoms with E-state index in [9.17, 15) is 4.79 Å². The average molecular weight is 322 g/mol. The molecule has 1 rings (SSSR count). The highest BCUT2D eigenvalue weighted by Crippen LogP contribution is 2.29. The van der Waals surface area contributed by atoms with E-state index >= 15 is 0 Å². The quantitative estimate of drug-likeness (QED) is 0.429. The zero-order valence-electron chi connectivity index (χ0n) is 9.54.